The second-order valence-electron chi connectivity index (χ2n) is 6.59. The fourth-order valence-corrected chi connectivity index (χ4v) is 4.14. The molecule has 5 nitrogen and oxygen atoms in total. The largest absolute Gasteiger partial charge is 0.492 e. The minimum atomic E-state index is -3.67. The SMILES string of the molecule is NS(=O)(=O)c1ccc(OCCNC2(c3ccc(Cl)cc3)CCCC2)cc1. The van der Waals surface area contributed by atoms with Gasteiger partial charge in [0, 0.05) is 17.1 Å². The summed E-state index contributed by atoms with van der Waals surface area (Å²) >= 11 is 6.01. The topological polar surface area (TPSA) is 81.4 Å². The minimum Gasteiger partial charge on any atom is -0.492 e. The van der Waals surface area contributed by atoms with E-state index < -0.39 is 10.0 Å². The van der Waals surface area contributed by atoms with Crippen molar-refractivity contribution in [3.05, 3.63) is 59.1 Å². The molecule has 0 amide bonds. The molecule has 3 N–H and O–H groups in total. The zero-order valence-electron chi connectivity index (χ0n) is 14.4. The fraction of sp³-hybridized carbons (Fsp3) is 0.368. The van der Waals surface area contributed by atoms with E-state index in [0.29, 0.717) is 18.9 Å². The Morgan fingerprint density at radius 3 is 2.23 bits per heavy atom. The monoisotopic (exact) mass is 394 g/mol. The first-order valence-corrected chi connectivity index (χ1v) is 10.6. The molecule has 0 bridgehead atoms. The number of nitrogens with one attached hydrogen (secondary N) is 1. The van der Waals surface area contributed by atoms with Crippen molar-refractivity contribution in [3.63, 3.8) is 0 Å². The molecule has 0 atom stereocenters. The van der Waals surface area contributed by atoms with Crippen LogP contribution < -0.4 is 15.2 Å². The van der Waals surface area contributed by atoms with E-state index in [1.807, 2.05) is 12.1 Å². The van der Waals surface area contributed by atoms with Crippen molar-refractivity contribution in [2.45, 2.75) is 36.1 Å². The molecule has 0 saturated heterocycles. The number of ether oxygens (including phenoxy) is 1. The van der Waals surface area contributed by atoms with Gasteiger partial charge >= 0.3 is 0 Å². The van der Waals surface area contributed by atoms with Crippen molar-refractivity contribution < 1.29 is 13.2 Å². The van der Waals surface area contributed by atoms with Gasteiger partial charge in [0.15, 0.2) is 0 Å². The minimum absolute atomic E-state index is 0.0224. The van der Waals surface area contributed by atoms with Crippen molar-refractivity contribution in [1.82, 2.24) is 5.32 Å². The normalized spacial score (nSPS) is 16.5. The van der Waals surface area contributed by atoms with Gasteiger partial charge in [0.1, 0.15) is 12.4 Å². The van der Waals surface area contributed by atoms with Crippen molar-refractivity contribution in [1.29, 1.82) is 0 Å². The molecule has 1 aliphatic carbocycles. The van der Waals surface area contributed by atoms with Crippen LogP contribution in [0.5, 0.6) is 5.75 Å². The molecule has 0 aliphatic heterocycles. The van der Waals surface area contributed by atoms with Crippen molar-refractivity contribution in [2.75, 3.05) is 13.2 Å². The zero-order chi connectivity index (χ0) is 18.6. The maximum absolute atomic E-state index is 11.3. The molecule has 0 spiro atoms. The molecule has 3 rings (SSSR count). The molecule has 0 heterocycles. The van der Waals surface area contributed by atoms with Crippen molar-refractivity contribution in [2.24, 2.45) is 5.14 Å². The predicted molar refractivity (Wildman–Crippen MR) is 103 cm³/mol. The maximum atomic E-state index is 11.3. The van der Waals surface area contributed by atoms with Crippen LogP contribution in [-0.4, -0.2) is 21.6 Å². The summed E-state index contributed by atoms with van der Waals surface area (Å²) < 4.78 is 28.2. The van der Waals surface area contributed by atoms with E-state index in [1.165, 1.54) is 30.5 Å². The van der Waals surface area contributed by atoms with Crippen LogP contribution in [0.4, 0.5) is 0 Å². The molecule has 1 saturated carbocycles. The Balaban J connectivity index is 1.57. The van der Waals surface area contributed by atoms with E-state index in [-0.39, 0.29) is 10.4 Å². The third-order valence-electron chi connectivity index (χ3n) is 4.84. The summed E-state index contributed by atoms with van der Waals surface area (Å²) in [7, 11) is -3.67. The second-order valence-corrected chi connectivity index (χ2v) is 8.59. The third-order valence-corrected chi connectivity index (χ3v) is 6.02. The molecular formula is C19H23ClN2O3S. The highest BCUT2D eigenvalue weighted by Crippen LogP contribution is 2.38. The van der Waals surface area contributed by atoms with Gasteiger partial charge in [0.2, 0.25) is 10.0 Å². The summed E-state index contributed by atoms with van der Waals surface area (Å²) in [6.45, 7) is 1.18. The van der Waals surface area contributed by atoms with Crippen LogP contribution in [0, 0.1) is 0 Å². The number of nitrogens with two attached hydrogens (primary N) is 1. The summed E-state index contributed by atoms with van der Waals surface area (Å²) in [4.78, 5) is 0.0793. The van der Waals surface area contributed by atoms with Crippen molar-refractivity contribution >= 4 is 21.6 Å². The fourth-order valence-electron chi connectivity index (χ4n) is 3.50. The first kappa shape index (κ1) is 19.2. The van der Waals surface area contributed by atoms with Gasteiger partial charge in [-0.15, -0.1) is 0 Å². The van der Waals surface area contributed by atoms with E-state index in [9.17, 15) is 8.42 Å². The van der Waals surface area contributed by atoms with Gasteiger partial charge in [0.25, 0.3) is 0 Å². The van der Waals surface area contributed by atoms with Crippen LogP contribution in [0.2, 0.25) is 5.02 Å². The van der Waals surface area contributed by atoms with E-state index >= 15 is 0 Å². The molecular weight excluding hydrogens is 372 g/mol. The summed E-state index contributed by atoms with van der Waals surface area (Å²) in [5.41, 5.74) is 1.24. The number of benzene rings is 2. The number of hydrogen-bond donors (Lipinski definition) is 2. The number of halogens is 1. The van der Waals surface area contributed by atoms with Crippen LogP contribution in [0.15, 0.2) is 53.4 Å². The molecule has 0 aromatic heterocycles. The Labute approximate surface area is 159 Å². The van der Waals surface area contributed by atoms with Gasteiger partial charge in [-0.05, 0) is 54.8 Å². The Morgan fingerprint density at radius 2 is 1.65 bits per heavy atom. The third kappa shape index (κ3) is 4.57. The van der Waals surface area contributed by atoms with Crippen LogP contribution in [-0.2, 0) is 15.6 Å². The summed E-state index contributed by atoms with van der Waals surface area (Å²) in [5, 5.41) is 9.49. The summed E-state index contributed by atoms with van der Waals surface area (Å²) in [6, 6.07) is 14.2. The average Bonchev–Trinajstić information content (AvgIpc) is 3.09. The van der Waals surface area contributed by atoms with Crippen LogP contribution >= 0.6 is 11.6 Å². The van der Waals surface area contributed by atoms with Gasteiger partial charge in [0.05, 0.1) is 4.90 Å². The first-order chi connectivity index (χ1) is 12.4. The highest BCUT2D eigenvalue weighted by atomic mass is 35.5. The lowest BCUT2D eigenvalue weighted by atomic mass is 9.88. The maximum Gasteiger partial charge on any atom is 0.238 e. The summed E-state index contributed by atoms with van der Waals surface area (Å²) in [5.74, 6) is 0.617. The Bertz CT molecular complexity index is 830. The van der Waals surface area contributed by atoms with E-state index in [1.54, 1.807) is 12.1 Å². The Morgan fingerprint density at radius 1 is 1.04 bits per heavy atom. The molecule has 140 valence electrons. The molecule has 2 aromatic carbocycles. The lowest BCUT2D eigenvalue weighted by Gasteiger charge is -2.31. The number of primary sulfonamides is 1. The second kappa shape index (κ2) is 7.96. The highest BCUT2D eigenvalue weighted by Gasteiger charge is 2.34. The highest BCUT2D eigenvalue weighted by molar-refractivity contribution is 7.89. The molecule has 0 radical (unpaired) electrons. The summed E-state index contributed by atoms with van der Waals surface area (Å²) in [6.07, 6.45) is 4.59. The van der Waals surface area contributed by atoms with E-state index in [0.717, 1.165) is 17.9 Å². The molecule has 1 fully saturated rings. The first-order valence-electron chi connectivity index (χ1n) is 8.66. The van der Waals surface area contributed by atoms with E-state index in [2.05, 4.69) is 17.4 Å². The lowest BCUT2D eigenvalue weighted by molar-refractivity contribution is 0.268. The lowest BCUT2D eigenvalue weighted by Crippen LogP contribution is -2.42. The molecule has 0 unspecified atom stereocenters. The zero-order valence-corrected chi connectivity index (χ0v) is 16.0. The predicted octanol–water partition coefficient (Wildman–Crippen LogP) is 3.43. The number of sulfonamides is 1. The number of hydrogen-bond acceptors (Lipinski definition) is 4. The quantitative estimate of drug-likeness (QED) is 0.705. The van der Waals surface area contributed by atoms with Gasteiger partial charge in [-0.3, -0.25) is 0 Å². The van der Waals surface area contributed by atoms with Crippen molar-refractivity contribution in [3.8, 4) is 5.75 Å². The molecule has 1 aliphatic rings. The number of rotatable bonds is 7. The van der Waals surface area contributed by atoms with Crippen LogP contribution in [0.1, 0.15) is 31.2 Å². The van der Waals surface area contributed by atoms with Crippen LogP contribution in [0.3, 0.4) is 0 Å². The van der Waals surface area contributed by atoms with Gasteiger partial charge in [-0.2, -0.15) is 0 Å². The molecule has 7 heteroatoms. The Kier molecular flexibility index (Phi) is 5.87. The standard InChI is InChI=1S/C19H23ClN2O3S/c20-16-5-3-15(4-6-16)19(11-1-2-12-19)22-13-14-25-17-7-9-18(10-8-17)26(21,23)24/h3-10,22H,1-2,11-14H2,(H2,21,23,24). The van der Waals surface area contributed by atoms with Gasteiger partial charge in [-0.25, -0.2) is 13.6 Å². The molecule has 26 heavy (non-hydrogen) atoms. The average molecular weight is 395 g/mol. The smallest absolute Gasteiger partial charge is 0.238 e. The van der Waals surface area contributed by atoms with Crippen LogP contribution in [0.25, 0.3) is 0 Å². The van der Waals surface area contributed by atoms with Gasteiger partial charge in [-0.1, -0.05) is 36.6 Å². The van der Waals surface area contributed by atoms with Gasteiger partial charge < -0.3 is 10.1 Å². The molecule has 2 aromatic rings. The van der Waals surface area contributed by atoms with E-state index in [4.69, 9.17) is 21.5 Å². The Hall–Kier alpha value is -1.60.